The predicted octanol–water partition coefficient (Wildman–Crippen LogP) is 2.16. The van der Waals surface area contributed by atoms with Crippen molar-refractivity contribution >= 4 is 38.2 Å². The molecule has 1 heterocycles. The highest BCUT2D eigenvalue weighted by Crippen LogP contribution is 2.20. The molecule has 0 bridgehead atoms. The normalized spacial score (nSPS) is 9.62. The van der Waals surface area contributed by atoms with Gasteiger partial charge in [-0.2, -0.15) is 0 Å². The average molecular weight is 263 g/mol. The largest absolute Gasteiger partial charge is 0.476 e. The lowest BCUT2D eigenvalue weighted by molar-refractivity contribution is 0.0692. The highest BCUT2D eigenvalue weighted by molar-refractivity contribution is 9.11. The zero-order valence-corrected chi connectivity index (χ0v) is 8.98. The lowest BCUT2D eigenvalue weighted by atomic mass is 10.4. The molecule has 0 unspecified atom stereocenters. The minimum atomic E-state index is -1.02. The Hall–Kier alpha value is -0.880. The third-order valence-corrected chi connectivity index (χ3v) is 2.28. The zero-order chi connectivity index (χ0) is 9.84. The first-order valence-corrected chi connectivity index (χ1v) is 5.02. The number of carboxylic acids is 1. The van der Waals surface area contributed by atoms with Crippen LogP contribution in [0.15, 0.2) is 16.6 Å². The number of nitrogens with zero attached hydrogens (tertiary/aromatic N) is 1. The lowest BCUT2D eigenvalue weighted by Gasteiger charge is -2.01. The molecule has 70 valence electrons. The van der Waals surface area contributed by atoms with Crippen LogP contribution in [-0.4, -0.2) is 22.6 Å². The minimum Gasteiger partial charge on any atom is -0.476 e. The molecule has 0 aromatic carbocycles. The van der Waals surface area contributed by atoms with Crippen LogP contribution >= 0.6 is 27.3 Å². The maximum atomic E-state index is 10.6. The molecule has 0 radical (unpaired) electrons. The van der Waals surface area contributed by atoms with Crippen molar-refractivity contribution in [1.82, 2.24) is 4.98 Å². The van der Waals surface area contributed by atoms with Gasteiger partial charge in [-0.05, 0) is 0 Å². The van der Waals surface area contributed by atoms with Crippen LogP contribution in [0.25, 0.3) is 0 Å². The molecule has 6 heteroatoms. The van der Waals surface area contributed by atoms with Crippen molar-refractivity contribution in [3.05, 3.63) is 22.3 Å². The molecule has 0 aliphatic heterocycles. The third-order valence-electron chi connectivity index (χ3n) is 1.21. The molecule has 0 aliphatic rings. The second kappa shape index (κ2) is 4.38. The molecule has 0 atom stereocenters. The summed E-state index contributed by atoms with van der Waals surface area (Å²) in [5.41, 5.74) is 1.54. The Bertz CT molecular complexity index is 337. The summed E-state index contributed by atoms with van der Waals surface area (Å²) in [6.07, 6.45) is 0. The molecule has 1 rings (SSSR count). The number of aromatic carboxylic acids is 1. The third kappa shape index (κ3) is 2.82. The van der Waals surface area contributed by atoms with Crippen LogP contribution in [0.3, 0.4) is 0 Å². The standard InChI is InChI=1S/C7H7BrN2O2S/c1-4(8)2-9-6-5(7(11)12)10-3-13-6/h3,9H,1-2H2,(H,11,12). The van der Waals surface area contributed by atoms with Gasteiger partial charge in [0.1, 0.15) is 5.00 Å². The number of aromatic nitrogens is 1. The van der Waals surface area contributed by atoms with E-state index in [-0.39, 0.29) is 5.69 Å². The van der Waals surface area contributed by atoms with Gasteiger partial charge in [0.05, 0.1) is 5.51 Å². The van der Waals surface area contributed by atoms with Gasteiger partial charge in [-0.3, -0.25) is 0 Å². The van der Waals surface area contributed by atoms with Crippen molar-refractivity contribution in [2.45, 2.75) is 0 Å². The number of halogens is 1. The summed E-state index contributed by atoms with van der Waals surface area (Å²) < 4.78 is 0.761. The summed E-state index contributed by atoms with van der Waals surface area (Å²) in [7, 11) is 0. The highest BCUT2D eigenvalue weighted by atomic mass is 79.9. The van der Waals surface area contributed by atoms with E-state index in [4.69, 9.17) is 5.11 Å². The van der Waals surface area contributed by atoms with Crippen LogP contribution in [0.5, 0.6) is 0 Å². The molecule has 0 spiro atoms. The summed E-state index contributed by atoms with van der Waals surface area (Å²) >= 11 is 4.42. The van der Waals surface area contributed by atoms with Crippen LogP contribution in [0.2, 0.25) is 0 Å². The van der Waals surface area contributed by atoms with Gasteiger partial charge < -0.3 is 10.4 Å². The van der Waals surface area contributed by atoms with E-state index in [2.05, 4.69) is 32.8 Å². The van der Waals surface area contributed by atoms with Crippen molar-refractivity contribution < 1.29 is 9.90 Å². The molecule has 0 saturated carbocycles. The second-order valence-corrected chi connectivity index (χ2v) is 4.18. The van der Waals surface area contributed by atoms with Crippen molar-refractivity contribution in [3.8, 4) is 0 Å². The number of hydrogen-bond donors (Lipinski definition) is 2. The maximum Gasteiger partial charge on any atom is 0.357 e. The molecule has 1 aromatic rings. The maximum absolute atomic E-state index is 10.6. The Kier molecular flexibility index (Phi) is 3.44. The van der Waals surface area contributed by atoms with Gasteiger partial charge in [0.15, 0.2) is 5.69 Å². The zero-order valence-electron chi connectivity index (χ0n) is 6.58. The molecule has 13 heavy (non-hydrogen) atoms. The first kappa shape index (κ1) is 10.2. The minimum absolute atomic E-state index is 0.0544. The summed E-state index contributed by atoms with van der Waals surface area (Å²) in [4.78, 5) is 14.3. The fraction of sp³-hybridized carbons (Fsp3) is 0.143. The molecule has 0 aliphatic carbocycles. The summed E-state index contributed by atoms with van der Waals surface area (Å²) in [5.74, 6) is -1.02. The quantitative estimate of drug-likeness (QED) is 0.873. The van der Waals surface area contributed by atoms with Crippen LogP contribution in [0, 0.1) is 0 Å². The SMILES string of the molecule is C=C(Br)CNc1scnc1C(=O)O. The Morgan fingerprint density at radius 3 is 3.08 bits per heavy atom. The van der Waals surface area contributed by atoms with Crippen LogP contribution in [0.4, 0.5) is 5.00 Å². The van der Waals surface area contributed by atoms with E-state index in [0.29, 0.717) is 11.5 Å². The Morgan fingerprint density at radius 1 is 1.85 bits per heavy atom. The van der Waals surface area contributed by atoms with E-state index in [0.717, 1.165) is 4.48 Å². The predicted molar refractivity (Wildman–Crippen MR) is 55.6 cm³/mol. The molecule has 0 fully saturated rings. The van der Waals surface area contributed by atoms with Gasteiger partial charge >= 0.3 is 5.97 Å². The first-order chi connectivity index (χ1) is 6.11. The van der Waals surface area contributed by atoms with Gasteiger partial charge in [0.2, 0.25) is 0 Å². The monoisotopic (exact) mass is 262 g/mol. The van der Waals surface area contributed by atoms with E-state index < -0.39 is 5.97 Å². The fourth-order valence-electron chi connectivity index (χ4n) is 0.700. The molecule has 2 N–H and O–H groups in total. The number of thiazole rings is 1. The van der Waals surface area contributed by atoms with Crippen molar-refractivity contribution in [2.24, 2.45) is 0 Å². The summed E-state index contributed by atoms with van der Waals surface area (Å²) in [5, 5.41) is 12.1. The Morgan fingerprint density at radius 2 is 2.54 bits per heavy atom. The van der Waals surface area contributed by atoms with E-state index in [1.807, 2.05) is 0 Å². The molecule has 4 nitrogen and oxygen atoms in total. The topological polar surface area (TPSA) is 62.2 Å². The number of hydrogen-bond acceptors (Lipinski definition) is 4. The van der Waals surface area contributed by atoms with Crippen LogP contribution in [0.1, 0.15) is 10.5 Å². The van der Waals surface area contributed by atoms with Gasteiger partial charge in [-0.1, -0.05) is 22.5 Å². The Labute approximate surface area is 87.4 Å². The van der Waals surface area contributed by atoms with Gasteiger partial charge in [-0.25, -0.2) is 9.78 Å². The Balaban J connectivity index is 2.71. The molecular formula is C7H7BrN2O2S. The number of carbonyl (C=O) groups is 1. The average Bonchev–Trinajstić information content (AvgIpc) is 2.47. The molecule has 0 amide bonds. The van der Waals surface area contributed by atoms with E-state index in [9.17, 15) is 4.79 Å². The van der Waals surface area contributed by atoms with Crippen molar-refractivity contribution in [1.29, 1.82) is 0 Å². The fourth-order valence-corrected chi connectivity index (χ4v) is 1.51. The summed E-state index contributed by atoms with van der Waals surface area (Å²) in [6, 6.07) is 0. The van der Waals surface area contributed by atoms with E-state index >= 15 is 0 Å². The second-order valence-electron chi connectivity index (χ2n) is 2.21. The van der Waals surface area contributed by atoms with E-state index in [1.165, 1.54) is 16.8 Å². The highest BCUT2D eigenvalue weighted by Gasteiger charge is 2.12. The lowest BCUT2D eigenvalue weighted by Crippen LogP contribution is -2.05. The number of anilines is 1. The van der Waals surface area contributed by atoms with Gasteiger partial charge in [0.25, 0.3) is 0 Å². The number of nitrogens with one attached hydrogen (secondary N) is 1. The number of carboxylic acid groups (broad SMARTS) is 1. The van der Waals surface area contributed by atoms with Gasteiger partial charge in [-0.15, -0.1) is 11.3 Å². The molecular weight excluding hydrogens is 256 g/mol. The van der Waals surface area contributed by atoms with Crippen LogP contribution in [-0.2, 0) is 0 Å². The molecule has 1 aromatic heterocycles. The smallest absolute Gasteiger partial charge is 0.357 e. The van der Waals surface area contributed by atoms with Crippen LogP contribution < -0.4 is 5.32 Å². The number of rotatable bonds is 4. The first-order valence-electron chi connectivity index (χ1n) is 3.35. The van der Waals surface area contributed by atoms with E-state index in [1.54, 1.807) is 0 Å². The van der Waals surface area contributed by atoms with Gasteiger partial charge in [0, 0.05) is 11.0 Å². The molecule has 0 saturated heterocycles. The van der Waals surface area contributed by atoms with Crippen molar-refractivity contribution in [2.75, 3.05) is 11.9 Å². The van der Waals surface area contributed by atoms with Crippen molar-refractivity contribution in [3.63, 3.8) is 0 Å². The summed E-state index contributed by atoms with van der Waals surface area (Å²) in [6.45, 7) is 4.11.